The number of morpholine rings is 1. The van der Waals surface area contributed by atoms with E-state index in [9.17, 15) is 4.79 Å². The fraction of sp³-hybridized carbons (Fsp3) is 0.533. The van der Waals surface area contributed by atoms with E-state index in [-0.39, 0.29) is 18.1 Å². The largest absolute Gasteiger partial charge is 0.395 e. The normalized spacial score (nSPS) is 17.4. The molecule has 2 heterocycles. The van der Waals surface area contributed by atoms with Gasteiger partial charge in [0.15, 0.2) is 0 Å². The number of thiophene rings is 1. The van der Waals surface area contributed by atoms with Crippen LogP contribution in [-0.2, 0) is 4.74 Å². The Kier molecular flexibility index (Phi) is 4.81. The molecule has 1 N–H and O–H groups in total. The SMILES string of the molecule is CC1(C)CN(C(=O)c2csc(C#CCCO)c2)CCO1. The molecule has 0 radical (unpaired) electrons. The van der Waals surface area contributed by atoms with Gasteiger partial charge in [0, 0.05) is 24.9 Å². The predicted octanol–water partition coefficient (Wildman–Crippen LogP) is 1.73. The number of carbonyl (C=O) groups is 1. The highest BCUT2D eigenvalue weighted by Crippen LogP contribution is 2.21. The van der Waals surface area contributed by atoms with Gasteiger partial charge in [-0.3, -0.25) is 4.79 Å². The lowest BCUT2D eigenvalue weighted by Crippen LogP contribution is -2.50. The van der Waals surface area contributed by atoms with Crippen LogP contribution in [0.2, 0.25) is 0 Å². The van der Waals surface area contributed by atoms with E-state index < -0.39 is 0 Å². The van der Waals surface area contributed by atoms with Crippen molar-refractivity contribution in [2.75, 3.05) is 26.3 Å². The minimum atomic E-state index is -0.284. The van der Waals surface area contributed by atoms with E-state index in [4.69, 9.17) is 9.84 Å². The Labute approximate surface area is 123 Å². The first-order valence-corrected chi connectivity index (χ1v) is 7.51. The van der Waals surface area contributed by atoms with Crippen LogP contribution in [0.1, 0.15) is 35.5 Å². The van der Waals surface area contributed by atoms with Crippen LogP contribution in [0.3, 0.4) is 0 Å². The van der Waals surface area contributed by atoms with Crippen LogP contribution >= 0.6 is 11.3 Å². The van der Waals surface area contributed by atoms with Gasteiger partial charge in [-0.05, 0) is 19.9 Å². The first-order chi connectivity index (χ1) is 9.52. The van der Waals surface area contributed by atoms with Gasteiger partial charge >= 0.3 is 0 Å². The van der Waals surface area contributed by atoms with Gasteiger partial charge in [0.1, 0.15) is 0 Å². The summed E-state index contributed by atoms with van der Waals surface area (Å²) in [6, 6.07) is 1.82. The second kappa shape index (κ2) is 6.40. The van der Waals surface area contributed by atoms with Crippen LogP contribution in [0.5, 0.6) is 0 Å². The molecule has 1 aromatic rings. The molecule has 1 amide bonds. The summed E-state index contributed by atoms with van der Waals surface area (Å²) in [5.41, 5.74) is 0.397. The molecule has 0 saturated carbocycles. The van der Waals surface area contributed by atoms with Gasteiger partial charge in [-0.1, -0.05) is 11.8 Å². The Morgan fingerprint density at radius 3 is 3.10 bits per heavy atom. The van der Waals surface area contributed by atoms with Gasteiger partial charge in [-0.2, -0.15) is 0 Å². The van der Waals surface area contributed by atoms with Gasteiger partial charge < -0.3 is 14.7 Å². The molecule has 0 spiro atoms. The minimum Gasteiger partial charge on any atom is -0.395 e. The summed E-state index contributed by atoms with van der Waals surface area (Å²) in [7, 11) is 0. The van der Waals surface area contributed by atoms with E-state index in [1.807, 2.05) is 30.2 Å². The van der Waals surface area contributed by atoms with Crippen LogP contribution in [0, 0.1) is 11.8 Å². The lowest BCUT2D eigenvalue weighted by molar-refractivity contribution is -0.0763. The number of hydrogen-bond acceptors (Lipinski definition) is 4. The number of aliphatic hydroxyl groups excluding tert-OH is 1. The Balaban J connectivity index is 2.05. The summed E-state index contributed by atoms with van der Waals surface area (Å²) in [5.74, 6) is 5.85. The quantitative estimate of drug-likeness (QED) is 0.845. The van der Waals surface area contributed by atoms with Gasteiger partial charge in [-0.15, -0.1) is 11.3 Å². The summed E-state index contributed by atoms with van der Waals surface area (Å²) in [4.78, 5) is 15.1. The van der Waals surface area contributed by atoms with Crippen molar-refractivity contribution in [3.63, 3.8) is 0 Å². The summed E-state index contributed by atoms with van der Waals surface area (Å²) < 4.78 is 5.61. The highest BCUT2D eigenvalue weighted by atomic mass is 32.1. The fourth-order valence-corrected chi connectivity index (χ4v) is 2.84. The highest BCUT2D eigenvalue weighted by molar-refractivity contribution is 7.10. The van der Waals surface area contributed by atoms with Crippen LogP contribution < -0.4 is 0 Å². The molecule has 0 aliphatic carbocycles. The van der Waals surface area contributed by atoms with Crippen LogP contribution in [0.4, 0.5) is 0 Å². The molecule has 4 nitrogen and oxygen atoms in total. The van der Waals surface area contributed by atoms with Crippen molar-refractivity contribution in [3.05, 3.63) is 21.9 Å². The molecule has 1 fully saturated rings. The standard InChI is InChI=1S/C15H19NO3S/c1-15(2)11-16(6-8-19-15)14(18)12-9-13(20-10-12)5-3-4-7-17/h9-10,17H,4,6-8,11H2,1-2H3. The number of carbonyl (C=O) groups excluding carboxylic acids is 1. The van der Waals surface area contributed by atoms with Crippen molar-refractivity contribution < 1.29 is 14.6 Å². The molecule has 1 saturated heterocycles. The first-order valence-electron chi connectivity index (χ1n) is 6.63. The monoisotopic (exact) mass is 293 g/mol. The van der Waals surface area contributed by atoms with Crippen LogP contribution in [0.25, 0.3) is 0 Å². The van der Waals surface area contributed by atoms with E-state index in [2.05, 4.69) is 11.8 Å². The average molecular weight is 293 g/mol. The number of aliphatic hydroxyl groups is 1. The molecule has 1 aliphatic rings. The molecular weight excluding hydrogens is 274 g/mol. The third-order valence-corrected chi connectivity index (χ3v) is 3.85. The van der Waals surface area contributed by atoms with Gasteiger partial charge in [0.25, 0.3) is 5.91 Å². The van der Waals surface area contributed by atoms with Crippen molar-refractivity contribution in [1.29, 1.82) is 0 Å². The maximum absolute atomic E-state index is 12.4. The summed E-state index contributed by atoms with van der Waals surface area (Å²) >= 11 is 1.46. The van der Waals surface area contributed by atoms with E-state index in [0.29, 0.717) is 31.7 Å². The van der Waals surface area contributed by atoms with E-state index in [1.165, 1.54) is 11.3 Å². The third-order valence-electron chi connectivity index (χ3n) is 3.01. The lowest BCUT2D eigenvalue weighted by atomic mass is 10.1. The predicted molar refractivity (Wildman–Crippen MR) is 78.8 cm³/mol. The van der Waals surface area contributed by atoms with E-state index in [0.717, 1.165) is 4.88 Å². The molecule has 1 aliphatic heterocycles. The second-order valence-corrected chi connectivity index (χ2v) is 6.22. The second-order valence-electron chi connectivity index (χ2n) is 5.31. The number of ether oxygens (including phenoxy) is 1. The van der Waals surface area contributed by atoms with Crippen molar-refractivity contribution in [2.45, 2.75) is 25.9 Å². The molecule has 0 aromatic carbocycles. The molecule has 0 atom stereocenters. The average Bonchev–Trinajstić information content (AvgIpc) is 2.86. The number of nitrogens with zero attached hydrogens (tertiary/aromatic N) is 1. The topological polar surface area (TPSA) is 49.8 Å². The van der Waals surface area contributed by atoms with E-state index >= 15 is 0 Å². The third kappa shape index (κ3) is 3.83. The molecular formula is C15H19NO3S. The smallest absolute Gasteiger partial charge is 0.254 e. The molecule has 2 rings (SSSR count). The van der Waals surface area contributed by atoms with Crippen LogP contribution in [0.15, 0.2) is 11.4 Å². The van der Waals surface area contributed by atoms with Crippen molar-refractivity contribution in [1.82, 2.24) is 4.90 Å². The van der Waals surface area contributed by atoms with Crippen LogP contribution in [-0.4, -0.2) is 47.8 Å². The van der Waals surface area contributed by atoms with Crippen molar-refractivity contribution >= 4 is 17.2 Å². The fourth-order valence-electron chi connectivity index (χ4n) is 2.09. The zero-order chi connectivity index (χ0) is 14.6. The summed E-state index contributed by atoms with van der Waals surface area (Å²) in [5, 5.41) is 10.5. The Hall–Kier alpha value is -1.35. The summed E-state index contributed by atoms with van der Waals surface area (Å²) in [6.45, 7) is 5.85. The Morgan fingerprint density at radius 1 is 1.60 bits per heavy atom. The number of rotatable bonds is 2. The number of amides is 1. The lowest BCUT2D eigenvalue weighted by Gasteiger charge is -2.38. The molecule has 0 unspecified atom stereocenters. The zero-order valence-electron chi connectivity index (χ0n) is 11.8. The Morgan fingerprint density at radius 2 is 2.40 bits per heavy atom. The van der Waals surface area contributed by atoms with Gasteiger partial charge in [0.05, 0.1) is 29.3 Å². The van der Waals surface area contributed by atoms with Gasteiger partial charge in [0.2, 0.25) is 0 Å². The molecule has 5 heteroatoms. The van der Waals surface area contributed by atoms with E-state index in [1.54, 1.807) is 0 Å². The zero-order valence-corrected chi connectivity index (χ0v) is 12.6. The van der Waals surface area contributed by atoms with Gasteiger partial charge in [-0.25, -0.2) is 0 Å². The maximum atomic E-state index is 12.4. The molecule has 20 heavy (non-hydrogen) atoms. The molecule has 0 bridgehead atoms. The number of hydrogen-bond donors (Lipinski definition) is 1. The van der Waals surface area contributed by atoms with Crippen molar-refractivity contribution in [2.24, 2.45) is 0 Å². The first kappa shape index (κ1) is 15.0. The minimum absolute atomic E-state index is 0.0350. The van der Waals surface area contributed by atoms with Crippen molar-refractivity contribution in [3.8, 4) is 11.8 Å². The highest BCUT2D eigenvalue weighted by Gasteiger charge is 2.30. The molecule has 108 valence electrons. The Bertz CT molecular complexity index is 539. The maximum Gasteiger partial charge on any atom is 0.254 e. The summed E-state index contributed by atoms with van der Waals surface area (Å²) in [6.07, 6.45) is 0.457. The molecule has 1 aromatic heterocycles.